The van der Waals surface area contributed by atoms with Crippen LogP contribution in [0.2, 0.25) is 5.02 Å². The minimum atomic E-state index is -0.143. The summed E-state index contributed by atoms with van der Waals surface area (Å²) in [6, 6.07) is 10.8. The summed E-state index contributed by atoms with van der Waals surface area (Å²) in [6.45, 7) is 2.93. The van der Waals surface area contributed by atoms with Crippen LogP contribution in [0.3, 0.4) is 0 Å². The van der Waals surface area contributed by atoms with Crippen LogP contribution in [0.25, 0.3) is 11.0 Å². The number of anilines is 1. The molecule has 0 spiro atoms. The molecule has 0 aliphatic carbocycles. The predicted octanol–water partition coefficient (Wildman–Crippen LogP) is 4.35. The first-order chi connectivity index (χ1) is 10.7. The Morgan fingerprint density at radius 3 is 2.77 bits per heavy atom. The maximum Gasteiger partial charge on any atom is 0.257 e. The lowest BCUT2D eigenvalue weighted by atomic mass is 10.2. The molecule has 0 fully saturated rings. The Morgan fingerprint density at radius 2 is 2.05 bits per heavy atom. The molecule has 22 heavy (non-hydrogen) atoms. The van der Waals surface area contributed by atoms with E-state index in [0.717, 1.165) is 29.7 Å². The third kappa shape index (κ3) is 2.83. The zero-order valence-electron chi connectivity index (χ0n) is 12.2. The Morgan fingerprint density at radius 1 is 1.27 bits per heavy atom. The normalized spacial score (nSPS) is 10.8. The minimum Gasteiger partial charge on any atom is -0.332 e. The Labute approximate surface area is 133 Å². The predicted molar refractivity (Wildman–Crippen MR) is 89.4 cm³/mol. The van der Waals surface area contributed by atoms with Gasteiger partial charge in [-0.3, -0.25) is 4.79 Å². The van der Waals surface area contributed by atoms with Gasteiger partial charge in [0.05, 0.1) is 5.56 Å². The highest BCUT2D eigenvalue weighted by atomic mass is 35.5. The molecule has 3 aromatic rings. The lowest BCUT2D eigenvalue weighted by Crippen LogP contribution is -2.11. The van der Waals surface area contributed by atoms with Gasteiger partial charge in [-0.15, -0.1) is 0 Å². The first kappa shape index (κ1) is 14.6. The minimum absolute atomic E-state index is 0.143. The number of benzene rings is 1. The van der Waals surface area contributed by atoms with E-state index < -0.39 is 0 Å². The Bertz CT molecular complexity index is 808. The number of carbonyl (C=O) groups excluding carboxylic acids is 1. The average molecular weight is 314 g/mol. The molecule has 2 heterocycles. The molecule has 0 unspecified atom stereocenters. The van der Waals surface area contributed by atoms with Crippen molar-refractivity contribution < 1.29 is 4.79 Å². The second kappa shape index (κ2) is 6.20. The smallest absolute Gasteiger partial charge is 0.257 e. The number of carbonyl (C=O) groups is 1. The molecule has 0 aliphatic heterocycles. The van der Waals surface area contributed by atoms with Crippen molar-refractivity contribution in [3.8, 4) is 0 Å². The molecule has 5 heteroatoms. The highest BCUT2D eigenvalue weighted by molar-refractivity contribution is 6.30. The Balaban J connectivity index is 1.95. The molecule has 0 saturated heterocycles. The third-order valence-corrected chi connectivity index (χ3v) is 3.70. The standard InChI is InChI=1S/C17H16ClN3O/c1-2-10-21-11-15(14-4-3-9-19-16(14)21)17(22)20-13-7-5-12(18)6-8-13/h3-9,11H,2,10H2,1H3,(H,20,22). The molecule has 1 N–H and O–H groups in total. The number of hydrogen-bond donors (Lipinski definition) is 1. The zero-order chi connectivity index (χ0) is 15.5. The number of rotatable bonds is 4. The van der Waals surface area contributed by atoms with Crippen LogP contribution < -0.4 is 5.32 Å². The molecule has 3 rings (SSSR count). The van der Waals surface area contributed by atoms with Gasteiger partial charge in [-0.1, -0.05) is 18.5 Å². The van der Waals surface area contributed by atoms with Crippen LogP contribution in [-0.2, 0) is 6.54 Å². The molecule has 112 valence electrons. The molecule has 0 bridgehead atoms. The largest absolute Gasteiger partial charge is 0.332 e. The first-order valence-electron chi connectivity index (χ1n) is 7.20. The summed E-state index contributed by atoms with van der Waals surface area (Å²) in [7, 11) is 0. The van der Waals surface area contributed by atoms with Crippen molar-refractivity contribution in [3.05, 3.63) is 59.4 Å². The zero-order valence-corrected chi connectivity index (χ0v) is 13.0. The number of aryl methyl sites for hydroxylation is 1. The van der Waals surface area contributed by atoms with E-state index in [0.29, 0.717) is 10.6 Å². The van der Waals surface area contributed by atoms with E-state index in [1.165, 1.54) is 0 Å². The van der Waals surface area contributed by atoms with Gasteiger partial charge < -0.3 is 9.88 Å². The maximum absolute atomic E-state index is 12.5. The molecule has 1 aromatic carbocycles. The summed E-state index contributed by atoms with van der Waals surface area (Å²) in [6.07, 6.45) is 4.60. The molecule has 0 saturated carbocycles. The number of amides is 1. The summed E-state index contributed by atoms with van der Waals surface area (Å²) in [5, 5.41) is 4.40. The van der Waals surface area contributed by atoms with Crippen LogP contribution >= 0.6 is 11.6 Å². The van der Waals surface area contributed by atoms with Crippen molar-refractivity contribution in [1.29, 1.82) is 0 Å². The molecule has 1 amide bonds. The molecular formula is C17H16ClN3O. The monoisotopic (exact) mass is 313 g/mol. The molecule has 0 radical (unpaired) electrons. The molecule has 4 nitrogen and oxygen atoms in total. The van der Waals surface area contributed by atoms with E-state index in [1.807, 2.05) is 22.9 Å². The number of hydrogen-bond acceptors (Lipinski definition) is 2. The van der Waals surface area contributed by atoms with Crippen molar-refractivity contribution >= 4 is 34.2 Å². The summed E-state index contributed by atoms with van der Waals surface area (Å²) < 4.78 is 2.02. The lowest BCUT2D eigenvalue weighted by molar-refractivity contribution is 0.102. The first-order valence-corrected chi connectivity index (χ1v) is 7.57. The van der Waals surface area contributed by atoms with Gasteiger partial charge in [0.2, 0.25) is 0 Å². The van der Waals surface area contributed by atoms with Gasteiger partial charge in [-0.25, -0.2) is 4.98 Å². The second-order valence-electron chi connectivity index (χ2n) is 5.07. The van der Waals surface area contributed by atoms with Crippen molar-refractivity contribution in [2.45, 2.75) is 19.9 Å². The van der Waals surface area contributed by atoms with Gasteiger partial charge in [-0.2, -0.15) is 0 Å². The van der Waals surface area contributed by atoms with Crippen molar-refractivity contribution in [2.24, 2.45) is 0 Å². The number of nitrogens with one attached hydrogen (secondary N) is 1. The van der Waals surface area contributed by atoms with Crippen LogP contribution in [0.15, 0.2) is 48.8 Å². The van der Waals surface area contributed by atoms with Gasteiger partial charge >= 0.3 is 0 Å². The molecular weight excluding hydrogens is 298 g/mol. The Hall–Kier alpha value is -2.33. The van der Waals surface area contributed by atoms with Gasteiger partial charge in [0.25, 0.3) is 5.91 Å². The van der Waals surface area contributed by atoms with Crippen molar-refractivity contribution in [1.82, 2.24) is 9.55 Å². The fourth-order valence-electron chi connectivity index (χ4n) is 2.45. The third-order valence-electron chi connectivity index (χ3n) is 3.45. The van der Waals surface area contributed by atoms with E-state index in [9.17, 15) is 4.79 Å². The number of aromatic nitrogens is 2. The van der Waals surface area contributed by atoms with E-state index in [1.54, 1.807) is 30.5 Å². The van der Waals surface area contributed by atoms with Gasteiger partial charge in [0.1, 0.15) is 5.65 Å². The van der Waals surface area contributed by atoms with Crippen LogP contribution in [-0.4, -0.2) is 15.5 Å². The molecule has 2 aromatic heterocycles. The number of nitrogens with zero attached hydrogens (tertiary/aromatic N) is 2. The highest BCUT2D eigenvalue weighted by Crippen LogP contribution is 2.21. The van der Waals surface area contributed by atoms with Crippen LogP contribution in [0.1, 0.15) is 23.7 Å². The van der Waals surface area contributed by atoms with E-state index in [4.69, 9.17) is 11.6 Å². The number of fused-ring (bicyclic) bond motifs is 1. The van der Waals surface area contributed by atoms with Crippen LogP contribution in [0.5, 0.6) is 0 Å². The van der Waals surface area contributed by atoms with Crippen molar-refractivity contribution in [2.75, 3.05) is 5.32 Å². The quantitative estimate of drug-likeness (QED) is 0.778. The van der Waals surface area contributed by atoms with E-state index >= 15 is 0 Å². The number of halogens is 1. The summed E-state index contributed by atoms with van der Waals surface area (Å²) >= 11 is 5.86. The Kier molecular flexibility index (Phi) is 4.11. The second-order valence-corrected chi connectivity index (χ2v) is 5.51. The lowest BCUT2D eigenvalue weighted by Gasteiger charge is -2.04. The topological polar surface area (TPSA) is 46.9 Å². The maximum atomic E-state index is 12.5. The average Bonchev–Trinajstić information content (AvgIpc) is 2.89. The molecule has 0 aliphatic rings. The fourth-order valence-corrected chi connectivity index (χ4v) is 2.57. The van der Waals surface area contributed by atoms with Crippen LogP contribution in [0.4, 0.5) is 5.69 Å². The van der Waals surface area contributed by atoms with Crippen molar-refractivity contribution in [3.63, 3.8) is 0 Å². The van der Waals surface area contributed by atoms with Gasteiger partial charge in [0.15, 0.2) is 0 Å². The highest BCUT2D eigenvalue weighted by Gasteiger charge is 2.15. The van der Waals surface area contributed by atoms with E-state index in [2.05, 4.69) is 17.2 Å². The van der Waals surface area contributed by atoms with E-state index in [-0.39, 0.29) is 5.91 Å². The summed E-state index contributed by atoms with van der Waals surface area (Å²) in [5.74, 6) is -0.143. The SMILES string of the molecule is CCCn1cc(C(=O)Nc2ccc(Cl)cc2)c2cccnc21. The van der Waals surface area contributed by atoms with Gasteiger partial charge in [0, 0.05) is 35.0 Å². The fraction of sp³-hybridized carbons (Fsp3) is 0.176. The molecule has 0 atom stereocenters. The summed E-state index contributed by atoms with van der Waals surface area (Å²) in [4.78, 5) is 16.9. The van der Waals surface area contributed by atoms with Gasteiger partial charge in [-0.05, 0) is 42.8 Å². The number of pyridine rings is 1. The summed E-state index contributed by atoms with van der Waals surface area (Å²) in [5.41, 5.74) is 2.19. The van der Waals surface area contributed by atoms with Crippen LogP contribution in [0, 0.1) is 0 Å².